The topological polar surface area (TPSA) is 43.4 Å². The minimum absolute atomic E-state index is 0.143. The van der Waals surface area contributed by atoms with Crippen molar-refractivity contribution in [3.8, 4) is 0 Å². The van der Waals surface area contributed by atoms with Gasteiger partial charge in [-0.2, -0.15) is 0 Å². The van der Waals surface area contributed by atoms with Crippen LogP contribution in [0.25, 0.3) is 0 Å². The van der Waals surface area contributed by atoms with Gasteiger partial charge in [-0.15, -0.1) is 0 Å². The van der Waals surface area contributed by atoms with E-state index in [4.69, 9.17) is 4.74 Å². The number of carbonyl (C=O) groups is 2. The van der Waals surface area contributed by atoms with Crippen LogP contribution >= 0.6 is 0 Å². The number of rotatable bonds is 7. The zero-order valence-corrected chi connectivity index (χ0v) is 24.9. The molecule has 1 fully saturated rings. The number of Topliss-reactive ketones (excluding diaryl/α,β-unsaturated/α-hetero) is 1. The van der Waals surface area contributed by atoms with Crippen molar-refractivity contribution in [2.75, 3.05) is 0 Å². The Labute approximate surface area is 226 Å². The molecule has 37 heavy (non-hydrogen) atoms. The molecule has 5 atom stereocenters. The molecule has 2 bridgehead atoms. The van der Waals surface area contributed by atoms with Crippen LogP contribution in [0.5, 0.6) is 0 Å². The van der Waals surface area contributed by atoms with Crippen LogP contribution < -0.4 is 0 Å². The standard InChI is InChI=1S/C34H52O3/c1-23(2)11-9-13-25(4)31-16-17-32-29-15-14-28(21-30(29)26(5)35)22-33(7,37-27(6)36)20-18-24(3)12-10-19-34(31,32)8/h12,14-15,21,23,25,31-32H,9-11,13,16-20,22H2,1-8H3/b24-12-/t25-,31-,32+,33+,34-/m1/s1. The van der Waals surface area contributed by atoms with Gasteiger partial charge in [-0.25, -0.2) is 0 Å². The maximum Gasteiger partial charge on any atom is 0.303 e. The number of benzene rings is 1. The first kappa shape index (κ1) is 29.7. The Morgan fingerprint density at radius 1 is 1.05 bits per heavy atom. The van der Waals surface area contributed by atoms with E-state index in [1.165, 1.54) is 43.7 Å². The predicted molar refractivity (Wildman–Crippen MR) is 154 cm³/mol. The van der Waals surface area contributed by atoms with Gasteiger partial charge in [0, 0.05) is 18.9 Å². The molecule has 0 spiro atoms. The van der Waals surface area contributed by atoms with E-state index in [0.29, 0.717) is 24.2 Å². The third kappa shape index (κ3) is 7.36. The van der Waals surface area contributed by atoms with Crippen LogP contribution in [0.15, 0.2) is 29.8 Å². The number of allylic oxidation sites excluding steroid dienone is 2. The molecule has 0 saturated heterocycles. The molecule has 206 valence electrons. The lowest BCUT2D eigenvalue weighted by Crippen LogP contribution is -2.34. The Morgan fingerprint density at radius 3 is 2.43 bits per heavy atom. The molecular formula is C34H52O3. The van der Waals surface area contributed by atoms with Crippen LogP contribution in [0.1, 0.15) is 141 Å². The number of hydrogen-bond acceptors (Lipinski definition) is 3. The van der Waals surface area contributed by atoms with Gasteiger partial charge < -0.3 is 4.74 Å². The number of fused-ring (bicyclic) bond motifs is 8. The average molecular weight is 509 g/mol. The Morgan fingerprint density at radius 2 is 1.78 bits per heavy atom. The molecule has 3 heteroatoms. The van der Waals surface area contributed by atoms with Crippen LogP contribution in [0.3, 0.4) is 0 Å². The second-order valence-corrected chi connectivity index (χ2v) is 13.3. The van der Waals surface area contributed by atoms with Crippen molar-refractivity contribution in [3.63, 3.8) is 0 Å². The first-order valence-electron chi connectivity index (χ1n) is 14.8. The highest BCUT2D eigenvalue weighted by Crippen LogP contribution is 2.59. The summed E-state index contributed by atoms with van der Waals surface area (Å²) in [5.74, 6) is 2.43. The minimum atomic E-state index is -0.584. The van der Waals surface area contributed by atoms with Crippen molar-refractivity contribution in [1.29, 1.82) is 0 Å². The molecule has 0 radical (unpaired) electrons. The van der Waals surface area contributed by atoms with Gasteiger partial charge in [0.05, 0.1) is 0 Å². The number of ether oxygens (including phenoxy) is 1. The summed E-state index contributed by atoms with van der Waals surface area (Å²) in [5, 5.41) is 0. The number of carbonyl (C=O) groups excluding carboxylic acids is 2. The highest BCUT2D eigenvalue weighted by molar-refractivity contribution is 5.96. The highest BCUT2D eigenvalue weighted by Gasteiger charge is 2.49. The molecule has 1 saturated carbocycles. The second kappa shape index (κ2) is 12.3. The Hall–Kier alpha value is -1.90. The summed E-state index contributed by atoms with van der Waals surface area (Å²) in [6.45, 7) is 17.1. The Bertz CT molecular complexity index is 989. The largest absolute Gasteiger partial charge is 0.459 e. The van der Waals surface area contributed by atoms with E-state index >= 15 is 0 Å². The lowest BCUT2D eigenvalue weighted by molar-refractivity contribution is -0.155. The first-order chi connectivity index (χ1) is 17.3. The molecule has 0 N–H and O–H groups in total. The molecule has 4 rings (SSSR count). The fraction of sp³-hybridized carbons (Fsp3) is 0.706. The summed E-state index contributed by atoms with van der Waals surface area (Å²) in [6, 6.07) is 6.54. The molecule has 1 aromatic carbocycles. The van der Waals surface area contributed by atoms with Crippen molar-refractivity contribution in [2.45, 2.75) is 131 Å². The van der Waals surface area contributed by atoms with E-state index in [9.17, 15) is 9.59 Å². The van der Waals surface area contributed by atoms with Crippen LogP contribution in [-0.2, 0) is 16.0 Å². The summed E-state index contributed by atoms with van der Waals surface area (Å²) in [6.07, 6.45) is 13.3. The molecule has 3 aliphatic carbocycles. The predicted octanol–water partition coefficient (Wildman–Crippen LogP) is 9.24. The van der Waals surface area contributed by atoms with Crippen molar-refractivity contribution in [2.24, 2.45) is 23.2 Å². The van der Waals surface area contributed by atoms with Crippen LogP contribution in [0.4, 0.5) is 0 Å². The van der Waals surface area contributed by atoms with Gasteiger partial charge >= 0.3 is 5.97 Å². The monoisotopic (exact) mass is 508 g/mol. The summed E-state index contributed by atoms with van der Waals surface area (Å²) in [5.41, 5.74) is 4.16. The van der Waals surface area contributed by atoms with E-state index in [1.807, 2.05) is 6.92 Å². The fourth-order valence-corrected chi connectivity index (χ4v) is 7.59. The van der Waals surface area contributed by atoms with Gasteiger partial charge in [-0.1, -0.05) is 70.7 Å². The third-order valence-electron chi connectivity index (χ3n) is 9.60. The zero-order chi connectivity index (χ0) is 27.4. The van der Waals surface area contributed by atoms with Crippen molar-refractivity contribution < 1.29 is 14.3 Å². The third-order valence-corrected chi connectivity index (χ3v) is 9.60. The molecule has 0 heterocycles. The summed E-state index contributed by atoms with van der Waals surface area (Å²) < 4.78 is 5.86. The van der Waals surface area contributed by atoms with E-state index in [2.05, 4.69) is 58.9 Å². The maximum atomic E-state index is 13.0. The van der Waals surface area contributed by atoms with Crippen LogP contribution in [-0.4, -0.2) is 17.4 Å². The zero-order valence-electron chi connectivity index (χ0n) is 24.9. The van der Waals surface area contributed by atoms with Gasteiger partial charge in [0.1, 0.15) is 5.60 Å². The summed E-state index contributed by atoms with van der Waals surface area (Å²) in [7, 11) is 0. The highest BCUT2D eigenvalue weighted by atomic mass is 16.6. The normalized spacial score (nSPS) is 30.8. The number of esters is 1. The van der Waals surface area contributed by atoms with Gasteiger partial charge in [0.25, 0.3) is 0 Å². The lowest BCUT2D eigenvalue weighted by atomic mass is 9.63. The first-order valence-corrected chi connectivity index (χ1v) is 14.8. The smallest absolute Gasteiger partial charge is 0.303 e. The van der Waals surface area contributed by atoms with Gasteiger partial charge in [0.2, 0.25) is 0 Å². The Kier molecular flexibility index (Phi) is 9.86. The van der Waals surface area contributed by atoms with Crippen molar-refractivity contribution in [3.05, 3.63) is 46.5 Å². The van der Waals surface area contributed by atoms with Gasteiger partial charge in [0.15, 0.2) is 5.78 Å². The molecule has 3 aliphatic rings. The molecule has 0 amide bonds. The Balaban J connectivity index is 2.02. The summed E-state index contributed by atoms with van der Waals surface area (Å²) in [4.78, 5) is 25.0. The van der Waals surface area contributed by atoms with E-state index in [0.717, 1.165) is 49.1 Å². The van der Waals surface area contributed by atoms with Crippen molar-refractivity contribution in [1.82, 2.24) is 0 Å². The maximum absolute atomic E-state index is 13.0. The lowest BCUT2D eigenvalue weighted by Gasteiger charge is -2.41. The van der Waals surface area contributed by atoms with Crippen molar-refractivity contribution >= 4 is 11.8 Å². The number of hydrogen-bond donors (Lipinski definition) is 0. The number of ketones is 1. The quantitative estimate of drug-likeness (QED) is 0.209. The fourth-order valence-electron chi connectivity index (χ4n) is 7.59. The van der Waals surface area contributed by atoms with Gasteiger partial charge in [-0.3, -0.25) is 9.59 Å². The molecule has 1 aromatic rings. The van der Waals surface area contributed by atoms with E-state index in [1.54, 1.807) is 6.92 Å². The average Bonchev–Trinajstić information content (AvgIpc) is 3.13. The van der Waals surface area contributed by atoms with Crippen LogP contribution in [0, 0.1) is 23.2 Å². The summed E-state index contributed by atoms with van der Waals surface area (Å²) >= 11 is 0. The van der Waals surface area contributed by atoms with Gasteiger partial charge in [-0.05, 0) is 106 Å². The second-order valence-electron chi connectivity index (χ2n) is 13.3. The SMILES string of the molecule is CC(=O)O[C@@]1(C)CC/C(C)=C\CC[C@]2(C)[C@@H]([C@H](C)CCCC(C)C)CC[C@H]2c2ccc(cc2C(C)=O)C1. The van der Waals surface area contributed by atoms with E-state index < -0.39 is 5.60 Å². The molecule has 0 unspecified atom stereocenters. The van der Waals surface area contributed by atoms with Crippen LogP contribution in [0.2, 0.25) is 0 Å². The molecule has 3 nitrogen and oxygen atoms in total. The molecular weight excluding hydrogens is 456 g/mol. The van der Waals surface area contributed by atoms with E-state index in [-0.39, 0.29) is 17.2 Å². The minimum Gasteiger partial charge on any atom is -0.459 e. The molecule has 0 aliphatic heterocycles. The molecule has 0 aromatic heterocycles.